The van der Waals surface area contributed by atoms with Gasteiger partial charge in [0.1, 0.15) is 18.0 Å². The number of amides is 2. The van der Waals surface area contributed by atoms with Gasteiger partial charge in [0.25, 0.3) is 5.91 Å². The molecule has 5 nitrogen and oxygen atoms in total. The van der Waals surface area contributed by atoms with Crippen molar-refractivity contribution in [3.63, 3.8) is 0 Å². The molecule has 0 atom stereocenters. The summed E-state index contributed by atoms with van der Waals surface area (Å²) in [5.74, 6) is -1.14. The molecule has 1 fully saturated rings. The van der Waals surface area contributed by atoms with Gasteiger partial charge in [-0.25, -0.2) is 4.98 Å². The number of aromatic nitrogens is 1. The Hall–Kier alpha value is -1.64. The highest BCUT2D eigenvalue weighted by Gasteiger charge is 2.39. The van der Waals surface area contributed by atoms with Gasteiger partial charge in [-0.15, -0.1) is 11.3 Å². The van der Waals surface area contributed by atoms with Crippen molar-refractivity contribution in [2.24, 2.45) is 0 Å². The number of aryl methyl sites for hydroxylation is 2. The summed E-state index contributed by atoms with van der Waals surface area (Å²) in [6, 6.07) is 0. The summed E-state index contributed by atoms with van der Waals surface area (Å²) >= 11 is 1.22. The van der Waals surface area contributed by atoms with Crippen molar-refractivity contribution in [2.75, 3.05) is 19.8 Å². The van der Waals surface area contributed by atoms with Crippen LogP contribution in [-0.4, -0.2) is 52.5 Å². The summed E-state index contributed by atoms with van der Waals surface area (Å²) in [6.07, 6.45) is -3.79. The van der Waals surface area contributed by atoms with Crippen LogP contribution in [0.15, 0.2) is 0 Å². The second-order valence-electron chi connectivity index (χ2n) is 4.73. The van der Waals surface area contributed by atoms with Crippen molar-refractivity contribution in [3.8, 4) is 0 Å². The number of hydrogen-bond acceptors (Lipinski definition) is 4. The van der Waals surface area contributed by atoms with Gasteiger partial charge in [0.2, 0.25) is 5.91 Å². The van der Waals surface area contributed by atoms with Crippen molar-refractivity contribution >= 4 is 23.2 Å². The standard InChI is InChI=1S/C12H14F3N3O2S/c1-3-8-16-7(2)10(21-8)11(20)17-4-9(19)18(6-17)5-12(13,14)15/h3-6H2,1-2H3. The highest BCUT2D eigenvalue weighted by Crippen LogP contribution is 2.24. The van der Waals surface area contributed by atoms with E-state index in [-0.39, 0.29) is 13.2 Å². The number of nitrogens with zero attached hydrogens (tertiary/aromatic N) is 3. The Morgan fingerprint density at radius 2 is 2.10 bits per heavy atom. The molecule has 0 saturated carbocycles. The van der Waals surface area contributed by atoms with Crippen molar-refractivity contribution in [2.45, 2.75) is 26.4 Å². The van der Waals surface area contributed by atoms with E-state index < -0.39 is 24.5 Å². The van der Waals surface area contributed by atoms with Crippen LogP contribution in [0.1, 0.15) is 27.3 Å². The first-order valence-corrected chi connectivity index (χ1v) is 7.13. The summed E-state index contributed by atoms with van der Waals surface area (Å²) in [5.41, 5.74) is 0.545. The number of hydrogen-bond donors (Lipinski definition) is 0. The van der Waals surface area contributed by atoms with E-state index in [2.05, 4.69) is 4.98 Å². The molecule has 9 heteroatoms. The van der Waals surface area contributed by atoms with Crippen molar-refractivity contribution in [3.05, 3.63) is 15.6 Å². The Kier molecular flexibility index (Phi) is 4.22. The highest BCUT2D eigenvalue weighted by atomic mass is 32.1. The van der Waals surface area contributed by atoms with Crippen molar-refractivity contribution in [1.82, 2.24) is 14.8 Å². The minimum atomic E-state index is -4.47. The molecule has 0 aromatic carbocycles. The molecule has 0 bridgehead atoms. The number of alkyl halides is 3. The molecular weight excluding hydrogens is 307 g/mol. The Morgan fingerprint density at radius 3 is 2.62 bits per heavy atom. The van der Waals surface area contributed by atoms with Crippen LogP contribution in [-0.2, 0) is 11.2 Å². The van der Waals surface area contributed by atoms with Crippen LogP contribution in [0.2, 0.25) is 0 Å². The fraction of sp³-hybridized carbons (Fsp3) is 0.583. The van der Waals surface area contributed by atoms with Crippen LogP contribution in [0.25, 0.3) is 0 Å². The maximum atomic E-state index is 12.3. The molecule has 0 unspecified atom stereocenters. The van der Waals surface area contributed by atoms with Gasteiger partial charge in [0.15, 0.2) is 0 Å². The van der Waals surface area contributed by atoms with E-state index in [1.807, 2.05) is 6.92 Å². The van der Waals surface area contributed by atoms with Crippen LogP contribution >= 0.6 is 11.3 Å². The molecule has 2 amide bonds. The Labute approximate surface area is 123 Å². The number of halogens is 3. The molecule has 2 rings (SSSR count). The van der Waals surface area contributed by atoms with Crippen molar-refractivity contribution in [1.29, 1.82) is 0 Å². The summed E-state index contributed by atoms with van der Waals surface area (Å²) in [7, 11) is 0. The van der Waals surface area contributed by atoms with Crippen LogP contribution in [0.3, 0.4) is 0 Å². The smallest absolute Gasteiger partial charge is 0.314 e. The van der Waals surface area contributed by atoms with E-state index in [0.29, 0.717) is 21.9 Å². The molecule has 116 valence electrons. The Morgan fingerprint density at radius 1 is 1.43 bits per heavy atom. The third-order valence-electron chi connectivity index (χ3n) is 3.02. The average molecular weight is 321 g/mol. The Bertz CT molecular complexity index is 571. The lowest BCUT2D eigenvalue weighted by atomic mass is 10.3. The van der Waals surface area contributed by atoms with Gasteiger partial charge in [-0.1, -0.05) is 6.92 Å². The topological polar surface area (TPSA) is 53.5 Å². The third-order valence-corrected chi connectivity index (χ3v) is 4.30. The van der Waals surface area contributed by atoms with Crippen molar-refractivity contribution < 1.29 is 22.8 Å². The zero-order valence-corrected chi connectivity index (χ0v) is 12.3. The molecular formula is C12H14F3N3O2S. The highest BCUT2D eigenvalue weighted by molar-refractivity contribution is 7.13. The van der Waals surface area contributed by atoms with Gasteiger partial charge in [0, 0.05) is 0 Å². The van der Waals surface area contributed by atoms with Crippen LogP contribution in [0.4, 0.5) is 13.2 Å². The fourth-order valence-corrected chi connectivity index (χ4v) is 3.01. The second kappa shape index (κ2) is 5.63. The Balaban J connectivity index is 2.11. The molecule has 1 aromatic heterocycles. The maximum Gasteiger partial charge on any atom is 0.406 e. The van der Waals surface area contributed by atoms with E-state index in [1.54, 1.807) is 6.92 Å². The minimum Gasteiger partial charge on any atom is -0.314 e. The second-order valence-corrected chi connectivity index (χ2v) is 5.81. The number of carbonyl (C=O) groups excluding carboxylic acids is 2. The van der Waals surface area contributed by atoms with E-state index in [4.69, 9.17) is 0 Å². The molecule has 1 aromatic rings. The normalized spacial score (nSPS) is 16.0. The SMILES string of the molecule is CCc1nc(C)c(C(=O)N2CC(=O)N(CC(F)(F)F)C2)s1. The van der Waals surface area contributed by atoms with Gasteiger partial charge in [0.05, 0.1) is 17.4 Å². The molecule has 0 N–H and O–H groups in total. The molecule has 1 aliphatic rings. The number of thiazole rings is 1. The maximum absolute atomic E-state index is 12.3. The van der Waals surface area contributed by atoms with Crippen LogP contribution in [0, 0.1) is 6.92 Å². The molecule has 0 aliphatic carbocycles. The average Bonchev–Trinajstić information content (AvgIpc) is 2.91. The van der Waals surface area contributed by atoms with Gasteiger partial charge >= 0.3 is 6.18 Å². The van der Waals surface area contributed by atoms with Gasteiger partial charge in [-0.3, -0.25) is 9.59 Å². The molecule has 0 radical (unpaired) electrons. The zero-order chi connectivity index (χ0) is 15.8. The fourth-order valence-electron chi connectivity index (χ4n) is 2.03. The van der Waals surface area contributed by atoms with E-state index >= 15 is 0 Å². The first-order valence-electron chi connectivity index (χ1n) is 6.31. The number of carbonyl (C=O) groups is 2. The molecule has 1 saturated heterocycles. The quantitative estimate of drug-likeness (QED) is 0.853. The summed E-state index contributed by atoms with van der Waals surface area (Å²) in [4.78, 5) is 30.2. The minimum absolute atomic E-state index is 0.326. The summed E-state index contributed by atoms with van der Waals surface area (Å²) in [5, 5.41) is 0.786. The van der Waals surface area contributed by atoms with E-state index in [1.165, 1.54) is 11.3 Å². The predicted octanol–water partition coefficient (Wildman–Crippen LogP) is 1.82. The zero-order valence-electron chi connectivity index (χ0n) is 11.5. The van der Waals surface area contributed by atoms with Gasteiger partial charge in [-0.05, 0) is 13.3 Å². The molecule has 0 spiro atoms. The lowest BCUT2D eigenvalue weighted by molar-refractivity contribution is -0.157. The molecule has 1 aliphatic heterocycles. The first-order chi connectivity index (χ1) is 9.71. The lowest BCUT2D eigenvalue weighted by Crippen LogP contribution is -2.37. The first kappa shape index (κ1) is 15.7. The largest absolute Gasteiger partial charge is 0.406 e. The van der Waals surface area contributed by atoms with Gasteiger partial charge in [-0.2, -0.15) is 13.2 Å². The summed E-state index contributed by atoms with van der Waals surface area (Å²) in [6.45, 7) is 1.58. The van der Waals surface area contributed by atoms with E-state index in [9.17, 15) is 22.8 Å². The van der Waals surface area contributed by atoms with Gasteiger partial charge < -0.3 is 9.80 Å². The lowest BCUT2D eigenvalue weighted by Gasteiger charge is -2.19. The monoisotopic (exact) mass is 321 g/mol. The van der Waals surface area contributed by atoms with Crippen LogP contribution < -0.4 is 0 Å². The molecule has 21 heavy (non-hydrogen) atoms. The van der Waals surface area contributed by atoms with Crippen LogP contribution in [0.5, 0.6) is 0 Å². The number of rotatable bonds is 3. The predicted molar refractivity (Wildman–Crippen MR) is 69.9 cm³/mol. The van der Waals surface area contributed by atoms with E-state index in [0.717, 1.165) is 9.91 Å². The molecule has 2 heterocycles. The third kappa shape index (κ3) is 3.52. The summed E-state index contributed by atoms with van der Waals surface area (Å²) < 4.78 is 37.0.